The van der Waals surface area contributed by atoms with E-state index in [0.29, 0.717) is 6.04 Å². The van der Waals surface area contributed by atoms with E-state index in [0.717, 1.165) is 5.69 Å². The van der Waals surface area contributed by atoms with Crippen molar-refractivity contribution >= 4 is 0 Å². The monoisotopic (exact) mass is 218 g/mol. The van der Waals surface area contributed by atoms with Gasteiger partial charge >= 0.3 is 0 Å². The van der Waals surface area contributed by atoms with E-state index < -0.39 is 0 Å². The minimum absolute atomic E-state index is 0.564. The minimum Gasteiger partial charge on any atom is -0.295 e. The summed E-state index contributed by atoms with van der Waals surface area (Å²) >= 11 is 0. The van der Waals surface area contributed by atoms with Gasteiger partial charge in [0.1, 0.15) is 0 Å². The first kappa shape index (κ1) is 11.6. The van der Waals surface area contributed by atoms with Gasteiger partial charge in [-0.3, -0.25) is 9.88 Å². The summed E-state index contributed by atoms with van der Waals surface area (Å²) < 4.78 is 0. The summed E-state index contributed by atoms with van der Waals surface area (Å²) in [5, 5.41) is 0. The Morgan fingerprint density at radius 3 is 3.00 bits per heavy atom. The summed E-state index contributed by atoms with van der Waals surface area (Å²) in [6.45, 7) is 6.79. The number of aromatic nitrogens is 1. The number of aryl methyl sites for hydroxylation is 1. The first-order chi connectivity index (χ1) is 7.81. The molecule has 0 aromatic carbocycles. The molecule has 1 aromatic rings. The molecule has 88 valence electrons. The van der Waals surface area contributed by atoms with E-state index in [1.54, 1.807) is 0 Å². The highest BCUT2D eigenvalue weighted by atomic mass is 15.2. The van der Waals surface area contributed by atoms with Crippen LogP contribution in [0.5, 0.6) is 0 Å². The molecular weight excluding hydrogens is 196 g/mol. The molecule has 0 spiro atoms. The lowest BCUT2D eigenvalue weighted by atomic mass is 9.98. The minimum atomic E-state index is 0.564. The number of nitrogens with zero attached hydrogens (tertiary/aromatic N) is 2. The standard InChI is InChI=1S/C14H22N2/c1-3-10-16-11-5-4-9-14(16)13-8-6-7-12(2)15-13/h6-8,14H,3-5,9-11H2,1-2H3/t14-/m0/s1. The van der Waals surface area contributed by atoms with Gasteiger partial charge in [0.15, 0.2) is 0 Å². The Morgan fingerprint density at radius 1 is 1.38 bits per heavy atom. The second-order valence-corrected chi connectivity index (χ2v) is 4.75. The molecule has 1 saturated heterocycles. The Kier molecular flexibility index (Phi) is 3.94. The van der Waals surface area contributed by atoms with Crippen LogP contribution in [0.2, 0.25) is 0 Å². The third-order valence-electron chi connectivity index (χ3n) is 3.38. The van der Waals surface area contributed by atoms with E-state index >= 15 is 0 Å². The van der Waals surface area contributed by atoms with Crippen LogP contribution in [0, 0.1) is 6.92 Å². The topological polar surface area (TPSA) is 16.1 Å². The smallest absolute Gasteiger partial charge is 0.0578 e. The van der Waals surface area contributed by atoms with Crippen LogP contribution in [0.4, 0.5) is 0 Å². The first-order valence-corrected chi connectivity index (χ1v) is 6.49. The van der Waals surface area contributed by atoms with Gasteiger partial charge in [-0.15, -0.1) is 0 Å². The second-order valence-electron chi connectivity index (χ2n) is 4.75. The Labute approximate surface area is 98.7 Å². The molecule has 0 radical (unpaired) electrons. The van der Waals surface area contributed by atoms with Crippen LogP contribution in [0.15, 0.2) is 18.2 Å². The Morgan fingerprint density at radius 2 is 2.25 bits per heavy atom. The molecule has 0 saturated carbocycles. The molecule has 0 aliphatic carbocycles. The summed E-state index contributed by atoms with van der Waals surface area (Å²) in [6, 6.07) is 6.96. The van der Waals surface area contributed by atoms with Crippen LogP contribution in [0.3, 0.4) is 0 Å². The number of piperidine rings is 1. The molecule has 2 rings (SSSR count). The van der Waals surface area contributed by atoms with Crippen LogP contribution >= 0.6 is 0 Å². The number of rotatable bonds is 3. The normalized spacial score (nSPS) is 22.2. The van der Waals surface area contributed by atoms with Crippen LogP contribution in [0.1, 0.15) is 50.0 Å². The van der Waals surface area contributed by atoms with Gasteiger partial charge in [-0.25, -0.2) is 0 Å². The van der Waals surface area contributed by atoms with Gasteiger partial charge in [-0.1, -0.05) is 19.4 Å². The maximum Gasteiger partial charge on any atom is 0.0578 e. The van der Waals surface area contributed by atoms with Crippen molar-refractivity contribution in [3.63, 3.8) is 0 Å². The average molecular weight is 218 g/mol. The molecule has 0 unspecified atom stereocenters. The van der Waals surface area contributed by atoms with E-state index in [1.807, 2.05) is 0 Å². The lowest BCUT2D eigenvalue weighted by Gasteiger charge is -2.35. The summed E-state index contributed by atoms with van der Waals surface area (Å²) in [4.78, 5) is 7.29. The zero-order valence-electron chi connectivity index (χ0n) is 10.4. The molecule has 0 N–H and O–H groups in total. The summed E-state index contributed by atoms with van der Waals surface area (Å²) in [5.74, 6) is 0. The Hall–Kier alpha value is -0.890. The summed E-state index contributed by atoms with van der Waals surface area (Å²) in [5.41, 5.74) is 2.41. The van der Waals surface area contributed by atoms with Crippen molar-refractivity contribution in [1.29, 1.82) is 0 Å². The van der Waals surface area contributed by atoms with Crippen molar-refractivity contribution in [2.45, 2.75) is 45.6 Å². The van der Waals surface area contributed by atoms with Gasteiger partial charge in [-0.05, 0) is 51.4 Å². The van der Waals surface area contributed by atoms with Crippen molar-refractivity contribution < 1.29 is 0 Å². The molecule has 0 bridgehead atoms. The fourth-order valence-electron chi connectivity index (χ4n) is 2.63. The van der Waals surface area contributed by atoms with E-state index in [1.165, 1.54) is 44.5 Å². The van der Waals surface area contributed by atoms with Crippen molar-refractivity contribution in [3.8, 4) is 0 Å². The zero-order chi connectivity index (χ0) is 11.4. The first-order valence-electron chi connectivity index (χ1n) is 6.49. The molecule has 2 heterocycles. The third kappa shape index (κ3) is 2.62. The maximum atomic E-state index is 4.69. The molecule has 1 atom stereocenters. The van der Waals surface area contributed by atoms with Gasteiger partial charge < -0.3 is 0 Å². The third-order valence-corrected chi connectivity index (χ3v) is 3.38. The van der Waals surface area contributed by atoms with Gasteiger partial charge in [0.2, 0.25) is 0 Å². The van der Waals surface area contributed by atoms with Gasteiger partial charge in [0.05, 0.1) is 11.7 Å². The molecule has 0 amide bonds. The molecule has 1 aliphatic rings. The zero-order valence-corrected chi connectivity index (χ0v) is 10.4. The van der Waals surface area contributed by atoms with Gasteiger partial charge in [0.25, 0.3) is 0 Å². The summed E-state index contributed by atoms with van der Waals surface area (Å²) in [7, 11) is 0. The average Bonchev–Trinajstić information content (AvgIpc) is 2.30. The predicted octanol–water partition coefficient (Wildman–Crippen LogP) is 3.33. The fourth-order valence-corrected chi connectivity index (χ4v) is 2.63. The van der Waals surface area contributed by atoms with Crippen molar-refractivity contribution in [1.82, 2.24) is 9.88 Å². The number of hydrogen-bond donors (Lipinski definition) is 0. The van der Waals surface area contributed by atoms with E-state index in [2.05, 4.69) is 41.9 Å². The predicted molar refractivity (Wildman–Crippen MR) is 67.4 cm³/mol. The van der Waals surface area contributed by atoms with Gasteiger partial charge in [-0.2, -0.15) is 0 Å². The molecule has 2 nitrogen and oxygen atoms in total. The molecule has 1 fully saturated rings. The second kappa shape index (κ2) is 5.44. The largest absolute Gasteiger partial charge is 0.295 e. The molecule has 16 heavy (non-hydrogen) atoms. The van der Waals surface area contributed by atoms with Crippen LogP contribution < -0.4 is 0 Å². The van der Waals surface area contributed by atoms with Crippen LogP contribution in [-0.4, -0.2) is 23.0 Å². The molecule has 2 heteroatoms. The number of hydrogen-bond acceptors (Lipinski definition) is 2. The van der Waals surface area contributed by atoms with E-state index in [9.17, 15) is 0 Å². The maximum absolute atomic E-state index is 4.69. The lowest BCUT2D eigenvalue weighted by Crippen LogP contribution is -2.34. The number of likely N-dealkylation sites (tertiary alicyclic amines) is 1. The Bertz CT molecular complexity index is 333. The van der Waals surface area contributed by atoms with E-state index in [4.69, 9.17) is 0 Å². The fraction of sp³-hybridized carbons (Fsp3) is 0.643. The van der Waals surface area contributed by atoms with E-state index in [-0.39, 0.29) is 0 Å². The van der Waals surface area contributed by atoms with Crippen LogP contribution in [0.25, 0.3) is 0 Å². The van der Waals surface area contributed by atoms with Crippen molar-refractivity contribution in [3.05, 3.63) is 29.6 Å². The molecular formula is C14H22N2. The summed E-state index contributed by atoms with van der Waals surface area (Å²) in [6.07, 6.45) is 5.21. The van der Waals surface area contributed by atoms with Gasteiger partial charge in [0, 0.05) is 5.69 Å². The Balaban J connectivity index is 2.16. The SMILES string of the molecule is CCCN1CCCC[C@H]1c1cccc(C)n1. The van der Waals surface area contributed by atoms with Crippen molar-refractivity contribution in [2.75, 3.05) is 13.1 Å². The highest BCUT2D eigenvalue weighted by molar-refractivity contribution is 5.14. The van der Waals surface area contributed by atoms with Crippen molar-refractivity contribution in [2.24, 2.45) is 0 Å². The molecule has 1 aromatic heterocycles. The quantitative estimate of drug-likeness (QED) is 0.773. The van der Waals surface area contributed by atoms with Crippen LogP contribution in [-0.2, 0) is 0 Å². The lowest BCUT2D eigenvalue weighted by molar-refractivity contribution is 0.145. The number of pyridine rings is 1. The highest BCUT2D eigenvalue weighted by Gasteiger charge is 2.23. The molecule has 1 aliphatic heterocycles. The highest BCUT2D eigenvalue weighted by Crippen LogP contribution is 2.29.